The topological polar surface area (TPSA) is 36.7 Å². The lowest BCUT2D eigenvalue weighted by Gasteiger charge is -2.24. The van der Waals surface area contributed by atoms with Crippen LogP contribution in [0.1, 0.15) is 29.1 Å². The second-order valence-electron chi connectivity index (χ2n) is 6.34. The molecule has 3 aromatic rings. The van der Waals surface area contributed by atoms with Crippen LogP contribution in [0.3, 0.4) is 0 Å². The molecule has 0 saturated carbocycles. The summed E-state index contributed by atoms with van der Waals surface area (Å²) in [5.74, 6) is 0.0280. The summed E-state index contributed by atoms with van der Waals surface area (Å²) in [7, 11) is 5.21. The van der Waals surface area contributed by atoms with Crippen molar-refractivity contribution < 1.29 is 13.6 Å². The van der Waals surface area contributed by atoms with E-state index in [0.29, 0.717) is 17.0 Å². The van der Waals surface area contributed by atoms with Gasteiger partial charge in [-0.3, -0.25) is 4.79 Å². The maximum absolute atomic E-state index is 14.2. The maximum Gasteiger partial charge on any atom is 0.254 e. The molecule has 1 unspecified atom stereocenters. The van der Waals surface area contributed by atoms with Crippen molar-refractivity contribution in [3.8, 4) is 0 Å². The number of hydrogen-bond donors (Lipinski definition) is 0. The lowest BCUT2D eigenvalue weighted by molar-refractivity contribution is 0.0727. The number of anilines is 1. The monoisotopic (exact) mass is 340 g/mol. The Morgan fingerprint density at radius 3 is 2.44 bits per heavy atom. The summed E-state index contributed by atoms with van der Waals surface area (Å²) in [6, 6.07) is 13.9. The molecule has 1 atom stereocenters. The normalized spacial score (nSPS) is 12.2. The summed E-state index contributed by atoms with van der Waals surface area (Å²) >= 11 is 0. The molecular weight excluding hydrogens is 319 g/mol. The van der Waals surface area contributed by atoms with Gasteiger partial charge in [-0.05, 0) is 37.3 Å². The maximum atomic E-state index is 14.2. The van der Waals surface area contributed by atoms with Crippen LogP contribution in [0.4, 0.5) is 10.1 Å². The van der Waals surface area contributed by atoms with Crippen LogP contribution in [-0.4, -0.2) is 32.0 Å². The van der Waals surface area contributed by atoms with Crippen molar-refractivity contribution in [3.63, 3.8) is 0 Å². The summed E-state index contributed by atoms with van der Waals surface area (Å²) in [5.41, 5.74) is 1.55. The molecule has 0 N–H and O–H groups in total. The van der Waals surface area contributed by atoms with Gasteiger partial charge in [-0.15, -0.1) is 0 Å². The molecule has 1 aromatic heterocycles. The molecule has 0 spiro atoms. The van der Waals surface area contributed by atoms with Gasteiger partial charge in [-0.2, -0.15) is 0 Å². The summed E-state index contributed by atoms with van der Waals surface area (Å²) in [4.78, 5) is 15.9. The number of nitrogens with zero attached hydrogens (tertiary/aromatic N) is 2. The SMILES string of the molecule is CC(c1cc2ccccc2o1)N(C)C(=O)c1ccc(N(C)C)c(F)c1. The molecule has 25 heavy (non-hydrogen) atoms. The Balaban J connectivity index is 1.85. The van der Waals surface area contributed by atoms with Gasteiger partial charge in [0.25, 0.3) is 5.91 Å². The van der Waals surface area contributed by atoms with E-state index in [9.17, 15) is 9.18 Å². The number of furan rings is 1. The highest BCUT2D eigenvalue weighted by molar-refractivity contribution is 5.94. The Bertz CT molecular complexity index is 884. The highest BCUT2D eigenvalue weighted by Gasteiger charge is 2.22. The van der Waals surface area contributed by atoms with E-state index in [1.165, 1.54) is 6.07 Å². The first-order chi connectivity index (χ1) is 11.9. The van der Waals surface area contributed by atoms with Crippen molar-refractivity contribution in [2.24, 2.45) is 0 Å². The molecular formula is C20H21FN2O2. The van der Waals surface area contributed by atoms with Crippen molar-refractivity contribution in [2.75, 3.05) is 26.0 Å². The zero-order chi connectivity index (χ0) is 18.1. The van der Waals surface area contributed by atoms with Crippen LogP contribution in [0.25, 0.3) is 11.0 Å². The van der Waals surface area contributed by atoms with Crippen LogP contribution in [0.5, 0.6) is 0 Å². The molecule has 0 aliphatic rings. The fraction of sp³-hybridized carbons (Fsp3) is 0.250. The molecule has 1 heterocycles. The lowest BCUT2D eigenvalue weighted by atomic mass is 10.1. The predicted molar refractivity (Wildman–Crippen MR) is 97.4 cm³/mol. The van der Waals surface area contributed by atoms with E-state index in [4.69, 9.17) is 4.42 Å². The first kappa shape index (κ1) is 17.0. The third-order valence-corrected chi connectivity index (χ3v) is 4.43. The standard InChI is InChI=1S/C20H21FN2O2/c1-13(19-12-14-7-5-6-8-18(14)25-19)23(4)20(24)15-9-10-17(22(2)3)16(21)11-15/h5-13H,1-4H3. The number of fused-ring (bicyclic) bond motifs is 1. The van der Waals surface area contributed by atoms with E-state index in [1.54, 1.807) is 43.1 Å². The molecule has 0 fully saturated rings. The molecule has 4 nitrogen and oxygen atoms in total. The van der Waals surface area contributed by atoms with Gasteiger partial charge in [-0.1, -0.05) is 18.2 Å². The van der Waals surface area contributed by atoms with Gasteiger partial charge in [0.05, 0.1) is 11.7 Å². The zero-order valence-corrected chi connectivity index (χ0v) is 14.8. The zero-order valence-electron chi connectivity index (χ0n) is 14.8. The minimum Gasteiger partial charge on any atom is -0.459 e. The van der Waals surface area contributed by atoms with Crippen LogP contribution in [0.2, 0.25) is 0 Å². The van der Waals surface area contributed by atoms with Crippen molar-refractivity contribution in [1.29, 1.82) is 0 Å². The third-order valence-electron chi connectivity index (χ3n) is 4.43. The molecule has 0 radical (unpaired) electrons. The molecule has 130 valence electrons. The van der Waals surface area contributed by atoms with Gasteiger partial charge in [-0.25, -0.2) is 4.39 Å². The Kier molecular flexibility index (Phi) is 4.49. The summed E-state index contributed by atoms with van der Waals surface area (Å²) in [5, 5.41) is 0.992. The van der Waals surface area contributed by atoms with Gasteiger partial charge >= 0.3 is 0 Å². The second-order valence-corrected chi connectivity index (χ2v) is 6.34. The molecule has 0 aliphatic carbocycles. The quantitative estimate of drug-likeness (QED) is 0.703. The van der Waals surface area contributed by atoms with Crippen molar-refractivity contribution in [2.45, 2.75) is 13.0 Å². The van der Waals surface area contributed by atoms with Crippen molar-refractivity contribution in [3.05, 3.63) is 65.7 Å². The number of para-hydroxylation sites is 1. The number of hydrogen-bond acceptors (Lipinski definition) is 3. The van der Waals surface area contributed by atoms with Gasteiger partial charge in [0, 0.05) is 32.1 Å². The predicted octanol–water partition coefficient (Wildman–Crippen LogP) is 4.47. The van der Waals surface area contributed by atoms with Crippen LogP contribution >= 0.6 is 0 Å². The van der Waals surface area contributed by atoms with Crippen LogP contribution in [0.15, 0.2) is 52.9 Å². The largest absolute Gasteiger partial charge is 0.459 e. The van der Waals surface area contributed by atoms with Crippen molar-refractivity contribution >= 4 is 22.6 Å². The smallest absolute Gasteiger partial charge is 0.254 e. The highest BCUT2D eigenvalue weighted by Crippen LogP contribution is 2.28. The molecule has 5 heteroatoms. The number of halogens is 1. The van der Waals surface area contributed by atoms with Crippen LogP contribution in [-0.2, 0) is 0 Å². The number of carbonyl (C=O) groups is 1. The van der Waals surface area contributed by atoms with Gasteiger partial charge in [0.15, 0.2) is 0 Å². The minimum atomic E-state index is -0.416. The third kappa shape index (κ3) is 3.22. The summed E-state index contributed by atoms with van der Waals surface area (Å²) in [6.45, 7) is 1.89. The van der Waals surface area contributed by atoms with Crippen LogP contribution in [0, 0.1) is 5.82 Å². The molecule has 3 rings (SSSR count). The summed E-state index contributed by atoms with van der Waals surface area (Å²) < 4.78 is 20.0. The highest BCUT2D eigenvalue weighted by atomic mass is 19.1. The molecule has 0 aliphatic heterocycles. The fourth-order valence-electron chi connectivity index (χ4n) is 2.78. The van der Waals surface area contributed by atoms with E-state index in [2.05, 4.69) is 0 Å². The molecule has 1 amide bonds. The van der Waals surface area contributed by atoms with Crippen LogP contribution < -0.4 is 4.90 Å². The molecule has 2 aromatic carbocycles. The Morgan fingerprint density at radius 1 is 1.08 bits per heavy atom. The van der Waals surface area contributed by atoms with Gasteiger partial charge < -0.3 is 14.2 Å². The van der Waals surface area contributed by atoms with Gasteiger partial charge in [0.1, 0.15) is 17.2 Å². The molecule has 0 bridgehead atoms. The van der Waals surface area contributed by atoms with E-state index in [0.717, 1.165) is 11.0 Å². The van der Waals surface area contributed by atoms with E-state index < -0.39 is 5.82 Å². The second kappa shape index (κ2) is 6.59. The average molecular weight is 340 g/mol. The van der Waals surface area contributed by atoms with E-state index >= 15 is 0 Å². The Labute approximate surface area is 146 Å². The minimum absolute atomic E-state index is 0.253. The van der Waals surface area contributed by atoms with E-state index in [-0.39, 0.29) is 11.9 Å². The molecule has 0 saturated heterocycles. The van der Waals surface area contributed by atoms with Gasteiger partial charge in [0.2, 0.25) is 0 Å². The Morgan fingerprint density at radius 2 is 1.80 bits per heavy atom. The number of amides is 1. The van der Waals surface area contributed by atoms with Crippen molar-refractivity contribution in [1.82, 2.24) is 4.90 Å². The first-order valence-electron chi connectivity index (χ1n) is 8.11. The number of carbonyl (C=O) groups excluding carboxylic acids is 1. The van der Waals surface area contributed by atoms with E-state index in [1.807, 2.05) is 37.3 Å². The fourth-order valence-corrected chi connectivity index (χ4v) is 2.78. The average Bonchev–Trinajstić information content (AvgIpc) is 3.03. The Hall–Kier alpha value is -2.82. The summed E-state index contributed by atoms with van der Waals surface area (Å²) in [6.07, 6.45) is 0. The first-order valence-corrected chi connectivity index (χ1v) is 8.11. The number of rotatable bonds is 4. The lowest BCUT2D eigenvalue weighted by Crippen LogP contribution is -2.29. The number of benzene rings is 2.